The Morgan fingerprint density at radius 1 is 1.35 bits per heavy atom. The minimum absolute atomic E-state index is 0.109. The van der Waals surface area contributed by atoms with E-state index in [-0.39, 0.29) is 17.1 Å². The molecule has 0 saturated heterocycles. The zero-order valence-electron chi connectivity index (χ0n) is 10.9. The van der Waals surface area contributed by atoms with Crippen LogP contribution >= 0.6 is 0 Å². The maximum Gasteiger partial charge on any atom is 0.292 e. The normalized spacial score (nSPS) is 12.0. The van der Waals surface area contributed by atoms with Gasteiger partial charge in [-0.05, 0) is 13.8 Å². The van der Waals surface area contributed by atoms with E-state index in [9.17, 15) is 4.79 Å². The molecule has 2 N–H and O–H groups in total. The van der Waals surface area contributed by atoms with Gasteiger partial charge in [-0.1, -0.05) is 26.7 Å². The molecule has 5 heteroatoms. The monoisotopic (exact) mass is 234 g/mol. The number of carbonyl (C=O) groups is 1. The van der Waals surface area contributed by atoms with Gasteiger partial charge in [0.1, 0.15) is 5.82 Å². The predicted molar refractivity (Wildman–Crippen MR) is 65.5 cm³/mol. The number of aromatic amines is 1. The van der Waals surface area contributed by atoms with E-state index in [1.807, 2.05) is 20.8 Å². The van der Waals surface area contributed by atoms with Crippen LogP contribution in [0.4, 0.5) is 0 Å². The SMILES string of the molecule is C#CC(C)(C)NC(=O)c1n[nH]c(C(C)(C)C)n1. The van der Waals surface area contributed by atoms with Gasteiger partial charge in [-0.15, -0.1) is 11.5 Å². The molecule has 0 unspecified atom stereocenters. The Labute approximate surface area is 101 Å². The molecule has 1 aromatic heterocycles. The number of hydrogen-bond donors (Lipinski definition) is 2. The van der Waals surface area contributed by atoms with Crippen molar-refractivity contribution >= 4 is 5.91 Å². The molecular formula is C12H18N4O. The lowest BCUT2D eigenvalue weighted by Gasteiger charge is -2.18. The maximum absolute atomic E-state index is 11.8. The lowest BCUT2D eigenvalue weighted by molar-refractivity contribution is 0.0919. The van der Waals surface area contributed by atoms with Gasteiger partial charge in [0, 0.05) is 5.41 Å². The Hall–Kier alpha value is -1.83. The molecule has 1 rings (SSSR count). The van der Waals surface area contributed by atoms with Crippen LogP contribution in [0.5, 0.6) is 0 Å². The number of nitrogens with one attached hydrogen (secondary N) is 2. The Kier molecular flexibility index (Phi) is 3.28. The summed E-state index contributed by atoms with van der Waals surface area (Å²) in [6.07, 6.45) is 5.29. The van der Waals surface area contributed by atoms with Crippen molar-refractivity contribution in [3.63, 3.8) is 0 Å². The minimum atomic E-state index is -0.709. The fourth-order valence-corrected chi connectivity index (χ4v) is 1.07. The third-order valence-corrected chi connectivity index (χ3v) is 2.19. The van der Waals surface area contributed by atoms with E-state index >= 15 is 0 Å². The summed E-state index contributed by atoms with van der Waals surface area (Å²) in [7, 11) is 0. The first-order valence-corrected chi connectivity index (χ1v) is 5.39. The summed E-state index contributed by atoms with van der Waals surface area (Å²) in [6.45, 7) is 9.44. The summed E-state index contributed by atoms with van der Waals surface area (Å²) < 4.78 is 0. The van der Waals surface area contributed by atoms with Crippen LogP contribution in [0.25, 0.3) is 0 Å². The number of amides is 1. The molecule has 0 fully saturated rings. The first kappa shape index (κ1) is 13.2. The van der Waals surface area contributed by atoms with Gasteiger partial charge >= 0.3 is 0 Å². The number of H-pyrrole nitrogens is 1. The topological polar surface area (TPSA) is 70.7 Å². The van der Waals surface area contributed by atoms with Gasteiger partial charge in [0.25, 0.3) is 5.91 Å². The van der Waals surface area contributed by atoms with Crippen molar-refractivity contribution in [3.8, 4) is 12.3 Å². The molecule has 1 amide bonds. The van der Waals surface area contributed by atoms with Crippen molar-refractivity contribution in [1.82, 2.24) is 20.5 Å². The summed E-state index contributed by atoms with van der Waals surface area (Å²) in [5, 5.41) is 9.31. The van der Waals surface area contributed by atoms with Gasteiger partial charge in [0.05, 0.1) is 5.54 Å². The molecule has 0 aliphatic carbocycles. The maximum atomic E-state index is 11.8. The van der Waals surface area contributed by atoms with E-state index in [0.717, 1.165) is 0 Å². The van der Waals surface area contributed by atoms with Gasteiger partial charge in [-0.2, -0.15) is 0 Å². The highest BCUT2D eigenvalue weighted by atomic mass is 16.2. The molecule has 0 aliphatic rings. The first-order chi connectivity index (χ1) is 7.65. The Balaban J connectivity index is 2.86. The predicted octanol–water partition coefficient (Wildman–Crippen LogP) is 1.24. The summed E-state index contributed by atoms with van der Waals surface area (Å²) in [4.78, 5) is 16.0. The van der Waals surface area contributed by atoms with Gasteiger partial charge in [-0.25, -0.2) is 4.98 Å². The van der Waals surface area contributed by atoms with Crippen molar-refractivity contribution in [3.05, 3.63) is 11.6 Å². The Morgan fingerprint density at radius 3 is 2.35 bits per heavy atom. The first-order valence-electron chi connectivity index (χ1n) is 5.39. The van der Waals surface area contributed by atoms with Crippen LogP contribution in [0, 0.1) is 12.3 Å². The molecule has 5 nitrogen and oxygen atoms in total. The van der Waals surface area contributed by atoms with Crippen molar-refractivity contribution in [2.75, 3.05) is 0 Å². The molecule has 0 aliphatic heterocycles. The highest BCUT2D eigenvalue weighted by Crippen LogP contribution is 2.17. The average molecular weight is 234 g/mol. The second-order valence-electron chi connectivity index (χ2n) is 5.48. The Morgan fingerprint density at radius 2 is 1.94 bits per heavy atom. The van der Waals surface area contributed by atoms with Crippen LogP contribution in [0.1, 0.15) is 51.1 Å². The number of terminal acetylenes is 1. The lowest BCUT2D eigenvalue weighted by atomic mass is 9.96. The van der Waals surface area contributed by atoms with E-state index in [0.29, 0.717) is 5.82 Å². The fraction of sp³-hybridized carbons (Fsp3) is 0.583. The highest BCUT2D eigenvalue weighted by Gasteiger charge is 2.24. The fourth-order valence-electron chi connectivity index (χ4n) is 1.07. The zero-order valence-corrected chi connectivity index (χ0v) is 10.9. The summed E-state index contributed by atoms with van der Waals surface area (Å²) >= 11 is 0. The third-order valence-electron chi connectivity index (χ3n) is 2.19. The Bertz CT molecular complexity index is 460. The molecule has 17 heavy (non-hydrogen) atoms. The molecule has 0 bridgehead atoms. The minimum Gasteiger partial charge on any atom is -0.333 e. The summed E-state index contributed by atoms with van der Waals surface area (Å²) in [5.41, 5.74) is -0.882. The van der Waals surface area contributed by atoms with E-state index in [2.05, 4.69) is 26.4 Å². The number of rotatable bonds is 2. The van der Waals surface area contributed by atoms with Gasteiger partial charge in [0.15, 0.2) is 0 Å². The van der Waals surface area contributed by atoms with Crippen LogP contribution in [0.2, 0.25) is 0 Å². The van der Waals surface area contributed by atoms with Gasteiger partial charge in [0.2, 0.25) is 5.82 Å². The van der Waals surface area contributed by atoms with Crippen LogP contribution in [0.3, 0.4) is 0 Å². The number of carbonyl (C=O) groups excluding carboxylic acids is 1. The second-order valence-corrected chi connectivity index (χ2v) is 5.48. The van der Waals surface area contributed by atoms with Crippen molar-refractivity contribution in [2.24, 2.45) is 0 Å². The van der Waals surface area contributed by atoms with Gasteiger partial charge < -0.3 is 5.32 Å². The van der Waals surface area contributed by atoms with Crippen LogP contribution in [-0.4, -0.2) is 26.6 Å². The molecule has 0 atom stereocenters. The number of hydrogen-bond acceptors (Lipinski definition) is 3. The van der Waals surface area contributed by atoms with Crippen molar-refractivity contribution in [2.45, 2.75) is 45.6 Å². The lowest BCUT2D eigenvalue weighted by Crippen LogP contribution is -2.42. The molecular weight excluding hydrogens is 216 g/mol. The van der Waals surface area contributed by atoms with Crippen molar-refractivity contribution < 1.29 is 4.79 Å². The van der Waals surface area contributed by atoms with E-state index in [1.54, 1.807) is 13.8 Å². The number of nitrogens with zero attached hydrogens (tertiary/aromatic N) is 2. The summed E-state index contributed by atoms with van der Waals surface area (Å²) in [5.74, 6) is 2.88. The standard InChI is InChI=1S/C12H18N4O/c1-7-12(5,6)14-9(17)8-13-10(16-15-8)11(2,3)4/h1H,2-6H3,(H,14,17)(H,13,15,16). The van der Waals surface area contributed by atoms with Gasteiger partial charge in [-0.3, -0.25) is 9.89 Å². The van der Waals surface area contributed by atoms with E-state index < -0.39 is 5.54 Å². The van der Waals surface area contributed by atoms with Crippen molar-refractivity contribution in [1.29, 1.82) is 0 Å². The van der Waals surface area contributed by atoms with E-state index in [4.69, 9.17) is 6.42 Å². The quantitative estimate of drug-likeness (QED) is 0.756. The smallest absolute Gasteiger partial charge is 0.292 e. The molecule has 1 heterocycles. The number of aromatic nitrogens is 3. The molecule has 0 aromatic carbocycles. The average Bonchev–Trinajstić information content (AvgIpc) is 2.65. The zero-order chi connectivity index (χ0) is 13.3. The van der Waals surface area contributed by atoms with Crippen LogP contribution < -0.4 is 5.32 Å². The largest absolute Gasteiger partial charge is 0.333 e. The van der Waals surface area contributed by atoms with Crippen LogP contribution in [-0.2, 0) is 5.41 Å². The van der Waals surface area contributed by atoms with Crippen LogP contribution in [0.15, 0.2) is 0 Å². The molecule has 0 saturated carbocycles. The highest BCUT2D eigenvalue weighted by molar-refractivity contribution is 5.91. The molecule has 1 aromatic rings. The second kappa shape index (κ2) is 4.21. The molecule has 92 valence electrons. The summed E-state index contributed by atoms with van der Waals surface area (Å²) in [6, 6.07) is 0. The molecule has 0 radical (unpaired) electrons. The third kappa shape index (κ3) is 3.31. The van der Waals surface area contributed by atoms with E-state index in [1.165, 1.54) is 0 Å². The molecule has 0 spiro atoms.